The maximum absolute atomic E-state index is 11.0. The lowest BCUT2D eigenvalue weighted by atomic mass is 10.1. The van der Waals surface area contributed by atoms with E-state index in [1.807, 2.05) is 0 Å². The number of rotatable bonds is 2. The Labute approximate surface area is 58.8 Å². The molecule has 1 rings (SSSR count). The molecule has 0 radical (unpaired) electrons. The van der Waals surface area contributed by atoms with Gasteiger partial charge in [-0.3, -0.25) is 9.89 Å². The van der Waals surface area contributed by atoms with Gasteiger partial charge < -0.3 is 0 Å². The summed E-state index contributed by atoms with van der Waals surface area (Å²) in [6, 6.07) is 0. The van der Waals surface area contributed by atoms with Gasteiger partial charge in [0.15, 0.2) is 5.78 Å². The van der Waals surface area contributed by atoms with Crippen molar-refractivity contribution in [3.63, 3.8) is 0 Å². The van der Waals surface area contributed by atoms with Gasteiger partial charge in [0.05, 0.1) is 11.8 Å². The van der Waals surface area contributed by atoms with Gasteiger partial charge in [-0.15, -0.1) is 0 Å². The molecule has 0 spiro atoms. The molecule has 0 saturated heterocycles. The second-order valence-corrected chi connectivity index (χ2v) is 2.10. The van der Waals surface area contributed by atoms with Crippen molar-refractivity contribution in [1.82, 2.24) is 10.2 Å². The predicted octanol–water partition coefficient (Wildman–Crippen LogP) is 1.17. The Kier molecular flexibility index (Phi) is 1.67. The Balaban J connectivity index is 2.88. The van der Waals surface area contributed by atoms with E-state index < -0.39 is 0 Å². The van der Waals surface area contributed by atoms with Crippen LogP contribution in [0.5, 0.6) is 0 Å². The average Bonchev–Trinajstić information content (AvgIpc) is 2.36. The number of nitrogens with zero attached hydrogens (tertiary/aromatic N) is 1. The molecular weight excluding hydrogens is 128 g/mol. The molecule has 52 valence electrons. The normalized spacial score (nSPS) is 9.30. The Morgan fingerprint density at radius 2 is 2.50 bits per heavy atom. The Morgan fingerprint density at radius 3 is 2.90 bits per heavy atom. The third-order valence-electron chi connectivity index (χ3n) is 1.15. The zero-order valence-corrected chi connectivity index (χ0v) is 5.72. The van der Waals surface area contributed by atoms with Crippen LogP contribution in [0.1, 0.15) is 17.3 Å². The summed E-state index contributed by atoms with van der Waals surface area (Å²) in [5, 5.41) is 6.19. The number of hydrogen-bond donors (Lipinski definition) is 1. The minimum atomic E-state index is -0.0613. The number of hydrogen-bond acceptors (Lipinski definition) is 2. The summed E-state index contributed by atoms with van der Waals surface area (Å²) in [5.41, 5.74) is 1.09. The smallest absolute Gasteiger partial charge is 0.191 e. The fourth-order valence-electron chi connectivity index (χ4n) is 0.621. The van der Waals surface area contributed by atoms with Gasteiger partial charge in [0, 0.05) is 6.20 Å². The van der Waals surface area contributed by atoms with E-state index in [-0.39, 0.29) is 5.78 Å². The van der Waals surface area contributed by atoms with Crippen LogP contribution in [-0.4, -0.2) is 16.0 Å². The third kappa shape index (κ3) is 1.13. The summed E-state index contributed by atoms with van der Waals surface area (Å²) in [4.78, 5) is 11.0. The van der Waals surface area contributed by atoms with Crippen molar-refractivity contribution in [2.75, 3.05) is 0 Å². The third-order valence-corrected chi connectivity index (χ3v) is 1.15. The van der Waals surface area contributed by atoms with E-state index in [1.165, 1.54) is 6.20 Å². The first-order valence-electron chi connectivity index (χ1n) is 2.91. The summed E-state index contributed by atoms with van der Waals surface area (Å²) in [7, 11) is 0. The standard InChI is InChI=1S/C7H8N2O/c1-5(2)7(10)6-3-8-9-4-6/h3-4H,1H2,2H3,(H,8,9). The predicted molar refractivity (Wildman–Crippen MR) is 37.7 cm³/mol. The van der Waals surface area contributed by atoms with Crippen molar-refractivity contribution >= 4 is 5.78 Å². The van der Waals surface area contributed by atoms with Gasteiger partial charge in [-0.1, -0.05) is 6.58 Å². The summed E-state index contributed by atoms with van der Waals surface area (Å²) in [5.74, 6) is -0.0613. The lowest BCUT2D eigenvalue weighted by Crippen LogP contribution is -1.96. The van der Waals surface area contributed by atoms with E-state index >= 15 is 0 Å². The summed E-state index contributed by atoms with van der Waals surface area (Å²) in [6.07, 6.45) is 3.04. The Hall–Kier alpha value is -1.38. The minimum Gasteiger partial charge on any atom is -0.289 e. The van der Waals surface area contributed by atoms with Crippen molar-refractivity contribution in [2.24, 2.45) is 0 Å². The SMILES string of the molecule is C=C(C)C(=O)c1cn[nH]c1. The number of ketones is 1. The number of nitrogens with one attached hydrogen (secondary N) is 1. The Bertz CT molecular complexity index is 249. The molecule has 0 aliphatic carbocycles. The average molecular weight is 136 g/mol. The largest absolute Gasteiger partial charge is 0.289 e. The van der Waals surface area contributed by atoms with E-state index in [1.54, 1.807) is 13.1 Å². The van der Waals surface area contributed by atoms with Gasteiger partial charge >= 0.3 is 0 Å². The molecule has 0 fully saturated rings. The molecular formula is C7H8N2O. The first-order valence-corrected chi connectivity index (χ1v) is 2.91. The van der Waals surface area contributed by atoms with Gasteiger partial charge in [0.1, 0.15) is 0 Å². The molecule has 0 aromatic carbocycles. The van der Waals surface area contributed by atoms with E-state index in [9.17, 15) is 4.79 Å². The zero-order valence-electron chi connectivity index (χ0n) is 5.72. The molecule has 0 atom stereocenters. The molecule has 0 saturated carbocycles. The number of aromatic nitrogens is 2. The molecule has 0 bridgehead atoms. The second kappa shape index (κ2) is 2.47. The number of H-pyrrole nitrogens is 1. The molecule has 1 heterocycles. The number of carbonyl (C=O) groups excluding carboxylic acids is 1. The van der Waals surface area contributed by atoms with Crippen molar-refractivity contribution in [2.45, 2.75) is 6.92 Å². The van der Waals surface area contributed by atoms with Crippen LogP contribution in [-0.2, 0) is 0 Å². The highest BCUT2D eigenvalue weighted by molar-refractivity contribution is 6.07. The van der Waals surface area contributed by atoms with Crippen molar-refractivity contribution in [3.05, 3.63) is 30.1 Å². The van der Waals surface area contributed by atoms with Crippen LogP contribution in [0.25, 0.3) is 0 Å². The van der Waals surface area contributed by atoms with Crippen LogP contribution in [0.2, 0.25) is 0 Å². The fourth-order valence-corrected chi connectivity index (χ4v) is 0.621. The quantitative estimate of drug-likeness (QED) is 0.490. The van der Waals surface area contributed by atoms with E-state index in [4.69, 9.17) is 0 Å². The zero-order chi connectivity index (χ0) is 7.56. The van der Waals surface area contributed by atoms with Crippen LogP contribution in [0.15, 0.2) is 24.5 Å². The van der Waals surface area contributed by atoms with Gasteiger partial charge in [-0.05, 0) is 12.5 Å². The van der Waals surface area contributed by atoms with Gasteiger partial charge in [-0.25, -0.2) is 0 Å². The lowest BCUT2D eigenvalue weighted by Gasteiger charge is -1.90. The van der Waals surface area contributed by atoms with Crippen LogP contribution < -0.4 is 0 Å². The van der Waals surface area contributed by atoms with Crippen LogP contribution in [0.4, 0.5) is 0 Å². The molecule has 0 amide bonds. The first-order chi connectivity index (χ1) is 4.72. The maximum atomic E-state index is 11.0. The monoisotopic (exact) mass is 136 g/mol. The Morgan fingerprint density at radius 1 is 1.80 bits per heavy atom. The number of aromatic amines is 1. The molecule has 1 aromatic rings. The summed E-state index contributed by atoms with van der Waals surface area (Å²) >= 11 is 0. The van der Waals surface area contributed by atoms with E-state index in [0.29, 0.717) is 11.1 Å². The molecule has 10 heavy (non-hydrogen) atoms. The van der Waals surface area contributed by atoms with Crippen molar-refractivity contribution in [1.29, 1.82) is 0 Å². The van der Waals surface area contributed by atoms with Gasteiger partial charge in [0.2, 0.25) is 0 Å². The molecule has 0 unspecified atom stereocenters. The lowest BCUT2D eigenvalue weighted by molar-refractivity contribution is 0.103. The van der Waals surface area contributed by atoms with Crippen molar-refractivity contribution in [3.8, 4) is 0 Å². The van der Waals surface area contributed by atoms with Crippen LogP contribution >= 0.6 is 0 Å². The minimum absolute atomic E-state index is 0.0613. The van der Waals surface area contributed by atoms with Gasteiger partial charge in [-0.2, -0.15) is 5.10 Å². The van der Waals surface area contributed by atoms with Crippen LogP contribution in [0.3, 0.4) is 0 Å². The highest BCUT2D eigenvalue weighted by Crippen LogP contribution is 2.02. The topological polar surface area (TPSA) is 45.8 Å². The summed E-state index contributed by atoms with van der Waals surface area (Å²) < 4.78 is 0. The summed E-state index contributed by atoms with van der Waals surface area (Å²) in [6.45, 7) is 5.20. The first kappa shape index (κ1) is 6.74. The molecule has 3 nitrogen and oxygen atoms in total. The highest BCUT2D eigenvalue weighted by atomic mass is 16.1. The second-order valence-electron chi connectivity index (χ2n) is 2.10. The number of carbonyl (C=O) groups is 1. The molecule has 3 heteroatoms. The fraction of sp³-hybridized carbons (Fsp3) is 0.143. The molecule has 1 N–H and O–H groups in total. The molecule has 0 aliphatic rings. The molecule has 1 aromatic heterocycles. The van der Waals surface area contributed by atoms with E-state index in [2.05, 4.69) is 16.8 Å². The van der Waals surface area contributed by atoms with Gasteiger partial charge in [0.25, 0.3) is 0 Å². The highest BCUT2D eigenvalue weighted by Gasteiger charge is 2.05. The van der Waals surface area contributed by atoms with Crippen LogP contribution in [0, 0.1) is 0 Å². The molecule has 0 aliphatic heterocycles. The van der Waals surface area contributed by atoms with E-state index in [0.717, 1.165) is 0 Å². The number of Topliss-reactive ketones (excluding diaryl/α,β-unsaturated/α-hetero) is 1. The number of allylic oxidation sites excluding steroid dienone is 1. The maximum Gasteiger partial charge on any atom is 0.191 e. The van der Waals surface area contributed by atoms with Crippen molar-refractivity contribution < 1.29 is 4.79 Å².